The molecule has 0 radical (unpaired) electrons. The molecular weight excluding hydrogens is 342 g/mol. The maximum Gasteiger partial charge on any atom is 0.319 e. The Labute approximate surface area is 159 Å². The van der Waals surface area contributed by atoms with E-state index in [2.05, 4.69) is 20.5 Å². The van der Waals surface area contributed by atoms with Crippen molar-refractivity contribution >= 4 is 17.6 Å². The first-order valence-corrected chi connectivity index (χ1v) is 9.10. The zero-order valence-electron chi connectivity index (χ0n) is 15.4. The van der Waals surface area contributed by atoms with Crippen LogP contribution in [0.4, 0.5) is 10.5 Å². The van der Waals surface area contributed by atoms with Crippen molar-refractivity contribution < 1.29 is 9.59 Å². The molecule has 0 aliphatic carbocycles. The first kappa shape index (κ1) is 18.8. The number of urea groups is 1. The summed E-state index contributed by atoms with van der Waals surface area (Å²) in [5, 5.41) is 5.85. The van der Waals surface area contributed by atoms with Crippen LogP contribution in [0.5, 0.6) is 0 Å². The highest BCUT2D eigenvalue weighted by Gasteiger charge is 2.21. The lowest BCUT2D eigenvalue weighted by atomic mass is 10.0. The van der Waals surface area contributed by atoms with E-state index in [0.717, 1.165) is 38.0 Å². The fourth-order valence-corrected chi connectivity index (χ4v) is 3.24. The molecule has 0 saturated carbocycles. The van der Waals surface area contributed by atoms with E-state index >= 15 is 0 Å². The molecule has 142 valence electrons. The number of carbonyl (C=O) groups is 2. The number of primary amides is 1. The minimum atomic E-state index is -0.514. The number of likely N-dealkylation sites (tertiary alicyclic amines) is 1. The Hall–Kier alpha value is -2.93. The Morgan fingerprint density at radius 1 is 1.19 bits per heavy atom. The highest BCUT2D eigenvalue weighted by molar-refractivity contribution is 5.96. The van der Waals surface area contributed by atoms with Crippen LogP contribution in [0.3, 0.4) is 0 Å². The minimum Gasteiger partial charge on any atom is -0.366 e. The molecular formula is C20H25N5O2. The Kier molecular flexibility index (Phi) is 6.03. The normalized spacial score (nSPS) is 15.3. The maximum atomic E-state index is 12.3. The van der Waals surface area contributed by atoms with Gasteiger partial charge in [0.25, 0.3) is 0 Å². The Balaban J connectivity index is 1.48. The van der Waals surface area contributed by atoms with Crippen molar-refractivity contribution in [3.63, 3.8) is 0 Å². The number of pyridine rings is 1. The average Bonchev–Trinajstić information content (AvgIpc) is 2.66. The maximum absolute atomic E-state index is 12.3. The van der Waals surface area contributed by atoms with E-state index in [4.69, 9.17) is 5.73 Å². The second kappa shape index (κ2) is 8.64. The molecule has 1 aliphatic rings. The van der Waals surface area contributed by atoms with E-state index in [9.17, 15) is 9.59 Å². The number of piperidine rings is 1. The highest BCUT2D eigenvalue weighted by atomic mass is 16.2. The lowest BCUT2D eigenvalue weighted by Gasteiger charge is -2.32. The van der Waals surface area contributed by atoms with Gasteiger partial charge in [0.15, 0.2) is 0 Å². The van der Waals surface area contributed by atoms with Gasteiger partial charge in [-0.1, -0.05) is 6.07 Å². The van der Waals surface area contributed by atoms with Crippen molar-refractivity contribution in [2.24, 2.45) is 5.73 Å². The highest BCUT2D eigenvalue weighted by Crippen LogP contribution is 2.18. The number of aromatic nitrogens is 1. The lowest BCUT2D eigenvalue weighted by Crippen LogP contribution is -2.45. The smallest absolute Gasteiger partial charge is 0.319 e. The average molecular weight is 367 g/mol. The van der Waals surface area contributed by atoms with Crippen LogP contribution in [-0.4, -0.2) is 41.0 Å². The van der Waals surface area contributed by atoms with Crippen molar-refractivity contribution in [1.82, 2.24) is 15.2 Å². The van der Waals surface area contributed by atoms with Crippen LogP contribution in [0, 0.1) is 6.92 Å². The predicted molar refractivity (Wildman–Crippen MR) is 104 cm³/mol. The first-order valence-electron chi connectivity index (χ1n) is 9.10. The summed E-state index contributed by atoms with van der Waals surface area (Å²) in [6.07, 6.45) is 5.42. The van der Waals surface area contributed by atoms with Gasteiger partial charge >= 0.3 is 6.03 Å². The monoisotopic (exact) mass is 367 g/mol. The number of anilines is 1. The molecule has 1 saturated heterocycles. The number of amides is 3. The quantitative estimate of drug-likeness (QED) is 0.755. The van der Waals surface area contributed by atoms with E-state index in [0.29, 0.717) is 11.3 Å². The van der Waals surface area contributed by atoms with Gasteiger partial charge in [-0.2, -0.15) is 0 Å². The summed E-state index contributed by atoms with van der Waals surface area (Å²) in [5.41, 5.74) is 8.40. The molecule has 0 unspecified atom stereocenters. The Morgan fingerprint density at radius 3 is 2.56 bits per heavy atom. The van der Waals surface area contributed by atoms with Gasteiger partial charge in [-0.25, -0.2) is 4.79 Å². The third-order valence-corrected chi connectivity index (χ3v) is 4.85. The van der Waals surface area contributed by atoms with Crippen molar-refractivity contribution in [2.45, 2.75) is 32.4 Å². The van der Waals surface area contributed by atoms with E-state index in [1.165, 1.54) is 5.56 Å². The number of nitrogens with one attached hydrogen (secondary N) is 2. The number of benzene rings is 1. The molecule has 7 nitrogen and oxygen atoms in total. The molecule has 3 amide bonds. The van der Waals surface area contributed by atoms with Crippen molar-refractivity contribution in [3.05, 3.63) is 59.4 Å². The molecule has 1 aromatic carbocycles. The number of nitrogens with zero attached hydrogens (tertiary/aromatic N) is 2. The van der Waals surface area contributed by atoms with Crippen molar-refractivity contribution in [1.29, 1.82) is 0 Å². The van der Waals surface area contributed by atoms with E-state index in [1.807, 2.05) is 31.5 Å². The van der Waals surface area contributed by atoms with Crippen molar-refractivity contribution in [2.75, 3.05) is 18.4 Å². The van der Waals surface area contributed by atoms with Crippen LogP contribution in [-0.2, 0) is 6.54 Å². The third kappa shape index (κ3) is 5.27. The number of hydrogen-bond acceptors (Lipinski definition) is 4. The summed E-state index contributed by atoms with van der Waals surface area (Å²) in [4.78, 5) is 30.1. The van der Waals surface area contributed by atoms with Gasteiger partial charge in [0.2, 0.25) is 5.91 Å². The molecule has 0 bridgehead atoms. The summed E-state index contributed by atoms with van der Waals surface area (Å²) in [5.74, 6) is -0.514. The van der Waals surface area contributed by atoms with E-state index < -0.39 is 5.91 Å². The summed E-state index contributed by atoms with van der Waals surface area (Å²) in [6, 6.07) is 8.97. The molecule has 2 heterocycles. The van der Waals surface area contributed by atoms with Gasteiger partial charge in [-0.3, -0.25) is 14.7 Å². The predicted octanol–water partition coefficient (Wildman–Crippen LogP) is 2.28. The van der Waals surface area contributed by atoms with Crippen LogP contribution in [0.1, 0.15) is 34.3 Å². The third-order valence-electron chi connectivity index (χ3n) is 4.85. The first-order chi connectivity index (χ1) is 13.0. The molecule has 4 N–H and O–H groups in total. The van der Waals surface area contributed by atoms with Gasteiger partial charge in [-0.15, -0.1) is 0 Å². The molecule has 1 aromatic heterocycles. The van der Waals surface area contributed by atoms with Crippen LogP contribution in [0.2, 0.25) is 0 Å². The fraction of sp³-hybridized carbons (Fsp3) is 0.350. The molecule has 3 rings (SSSR count). The van der Waals surface area contributed by atoms with E-state index in [1.54, 1.807) is 18.2 Å². The van der Waals surface area contributed by atoms with E-state index in [-0.39, 0.29) is 12.1 Å². The standard InChI is InChI=1S/C20H25N5O2/c1-14-2-3-16(19(21)26)12-18(14)24-20(27)23-17-6-10-25(11-7-17)13-15-4-8-22-9-5-15/h2-5,8-9,12,17H,6-7,10-11,13H2,1H3,(H2,21,26)(H2,23,24,27). The summed E-state index contributed by atoms with van der Waals surface area (Å²) in [7, 11) is 0. The van der Waals surface area contributed by atoms with Gasteiger partial charge < -0.3 is 16.4 Å². The molecule has 1 aliphatic heterocycles. The van der Waals surface area contributed by atoms with Gasteiger partial charge in [0.1, 0.15) is 0 Å². The number of carbonyl (C=O) groups excluding carboxylic acids is 2. The Morgan fingerprint density at radius 2 is 1.89 bits per heavy atom. The Bertz CT molecular complexity index is 801. The molecule has 1 fully saturated rings. The fourth-order valence-electron chi connectivity index (χ4n) is 3.24. The van der Waals surface area contributed by atoms with Crippen LogP contribution >= 0.6 is 0 Å². The summed E-state index contributed by atoms with van der Waals surface area (Å²) >= 11 is 0. The van der Waals surface area contributed by atoms with Crippen molar-refractivity contribution in [3.8, 4) is 0 Å². The minimum absolute atomic E-state index is 0.137. The summed E-state index contributed by atoms with van der Waals surface area (Å²) < 4.78 is 0. The van der Waals surface area contributed by atoms with Gasteiger partial charge in [-0.05, 0) is 55.2 Å². The number of rotatable bonds is 5. The second-order valence-corrected chi connectivity index (χ2v) is 6.90. The SMILES string of the molecule is Cc1ccc(C(N)=O)cc1NC(=O)NC1CCN(Cc2ccncc2)CC1. The molecule has 2 aromatic rings. The molecule has 7 heteroatoms. The van der Waals surface area contributed by atoms with Crippen LogP contribution in [0.25, 0.3) is 0 Å². The number of nitrogens with two attached hydrogens (primary N) is 1. The zero-order chi connectivity index (χ0) is 19.2. The molecule has 0 atom stereocenters. The second-order valence-electron chi connectivity index (χ2n) is 6.90. The van der Waals surface area contributed by atoms with Gasteiger partial charge in [0.05, 0.1) is 0 Å². The summed E-state index contributed by atoms with van der Waals surface area (Å²) in [6.45, 7) is 4.64. The van der Waals surface area contributed by atoms with Crippen LogP contribution in [0.15, 0.2) is 42.7 Å². The van der Waals surface area contributed by atoms with Crippen LogP contribution < -0.4 is 16.4 Å². The largest absolute Gasteiger partial charge is 0.366 e. The molecule has 27 heavy (non-hydrogen) atoms. The van der Waals surface area contributed by atoms with Gasteiger partial charge in [0, 0.05) is 49.3 Å². The zero-order valence-corrected chi connectivity index (χ0v) is 15.4. The topological polar surface area (TPSA) is 100 Å². The lowest BCUT2D eigenvalue weighted by molar-refractivity contribution is 0.1000. The number of aryl methyl sites for hydroxylation is 1. The number of hydrogen-bond donors (Lipinski definition) is 3. The molecule has 0 spiro atoms.